The minimum atomic E-state index is -1.28. The number of aromatic nitrogens is 2. The second-order valence-electron chi connectivity index (χ2n) is 6.50. The molecule has 1 aromatic carbocycles. The Kier molecular flexibility index (Phi) is 6.05. The van der Waals surface area contributed by atoms with Crippen LogP contribution in [0.15, 0.2) is 46.3 Å². The van der Waals surface area contributed by atoms with Gasteiger partial charge < -0.3 is 9.84 Å². The first-order valence-corrected chi connectivity index (χ1v) is 10.2. The van der Waals surface area contributed by atoms with Gasteiger partial charge in [0.15, 0.2) is 5.60 Å². The van der Waals surface area contributed by atoms with Crippen molar-refractivity contribution in [2.24, 2.45) is 0 Å². The molecule has 0 aliphatic carbocycles. The SMILES string of the molecule is CC(C)(OCc1cc(-c2cc(Br)cs2)n(Cc2ccccc2Cl)n1)C(=O)O. The van der Waals surface area contributed by atoms with E-state index in [9.17, 15) is 9.90 Å². The molecule has 0 bridgehead atoms. The number of carboxylic acid groups (broad SMARTS) is 1. The van der Waals surface area contributed by atoms with E-state index >= 15 is 0 Å². The van der Waals surface area contributed by atoms with Crippen molar-refractivity contribution in [3.8, 4) is 10.6 Å². The second kappa shape index (κ2) is 8.14. The lowest BCUT2D eigenvalue weighted by Gasteiger charge is -2.19. The minimum Gasteiger partial charge on any atom is -0.479 e. The molecular formula is C19H18BrClN2O3S. The van der Waals surface area contributed by atoms with Crippen molar-refractivity contribution in [1.29, 1.82) is 0 Å². The highest BCUT2D eigenvalue weighted by molar-refractivity contribution is 9.10. The fourth-order valence-electron chi connectivity index (χ4n) is 2.41. The monoisotopic (exact) mass is 468 g/mol. The average Bonchev–Trinajstić information content (AvgIpc) is 3.21. The number of benzene rings is 1. The Morgan fingerprint density at radius 3 is 2.74 bits per heavy atom. The van der Waals surface area contributed by atoms with Gasteiger partial charge >= 0.3 is 5.97 Å². The fraction of sp³-hybridized carbons (Fsp3) is 0.263. The van der Waals surface area contributed by atoms with E-state index < -0.39 is 11.6 Å². The summed E-state index contributed by atoms with van der Waals surface area (Å²) in [6, 6.07) is 11.6. The Labute approximate surface area is 174 Å². The van der Waals surface area contributed by atoms with Crippen LogP contribution < -0.4 is 0 Å². The average molecular weight is 470 g/mol. The zero-order valence-electron chi connectivity index (χ0n) is 14.8. The maximum Gasteiger partial charge on any atom is 0.335 e. The Morgan fingerprint density at radius 1 is 1.37 bits per heavy atom. The van der Waals surface area contributed by atoms with Crippen LogP contribution >= 0.6 is 38.9 Å². The Balaban J connectivity index is 1.92. The molecule has 0 fully saturated rings. The molecule has 0 saturated heterocycles. The minimum absolute atomic E-state index is 0.106. The highest BCUT2D eigenvalue weighted by Crippen LogP contribution is 2.31. The topological polar surface area (TPSA) is 64.4 Å². The van der Waals surface area contributed by atoms with Gasteiger partial charge in [0.2, 0.25) is 0 Å². The van der Waals surface area contributed by atoms with Gasteiger partial charge in [0.25, 0.3) is 0 Å². The molecule has 5 nitrogen and oxygen atoms in total. The molecule has 0 unspecified atom stereocenters. The van der Waals surface area contributed by atoms with Crippen molar-refractivity contribution in [3.63, 3.8) is 0 Å². The normalized spacial score (nSPS) is 11.7. The van der Waals surface area contributed by atoms with Crippen LogP contribution in [0.25, 0.3) is 10.6 Å². The van der Waals surface area contributed by atoms with E-state index in [1.165, 1.54) is 13.8 Å². The van der Waals surface area contributed by atoms with E-state index in [1.54, 1.807) is 11.3 Å². The first-order valence-electron chi connectivity index (χ1n) is 8.18. The summed E-state index contributed by atoms with van der Waals surface area (Å²) in [5, 5.41) is 16.5. The second-order valence-corrected chi connectivity index (χ2v) is 8.74. The van der Waals surface area contributed by atoms with Crippen LogP contribution in [-0.4, -0.2) is 26.5 Å². The van der Waals surface area contributed by atoms with Gasteiger partial charge in [-0.05, 0) is 53.5 Å². The summed E-state index contributed by atoms with van der Waals surface area (Å²) in [7, 11) is 0. The van der Waals surface area contributed by atoms with Gasteiger partial charge in [-0.25, -0.2) is 4.79 Å². The first kappa shape index (κ1) is 20.1. The fourth-order valence-corrected chi connectivity index (χ4v) is 4.05. The van der Waals surface area contributed by atoms with Crippen LogP contribution in [0.4, 0.5) is 0 Å². The number of rotatable bonds is 7. The van der Waals surface area contributed by atoms with Crippen LogP contribution in [0, 0.1) is 0 Å². The summed E-state index contributed by atoms with van der Waals surface area (Å²) < 4.78 is 8.42. The van der Waals surface area contributed by atoms with Gasteiger partial charge in [-0.15, -0.1) is 11.3 Å². The van der Waals surface area contributed by atoms with Crippen LogP contribution in [0.2, 0.25) is 5.02 Å². The molecule has 0 atom stereocenters. The molecule has 8 heteroatoms. The molecule has 0 aliphatic rings. The van der Waals surface area contributed by atoms with E-state index in [2.05, 4.69) is 21.0 Å². The molecule has 142 valence electrons. The number of halogens is 2. The molecule has 1 N–H and O–H groups in total. The lowest BCUT2D eigenvalue weighted by Crippen LogP contribution is -2.34. The number of ether oxygens (including phenoxy) is 1. The summed E-state index contributed by atoms with van der Waals surface area (Å²) in [6.07, 6.45) is 0. The number of carbonyl (C=O) groups is 1. The summed E-state index contributed by atoms with van der Waals surface area (Å²) in [6.45, 7) is 3.65. The predicted octanol–water partition coefficient (Wildman–Crippen LogP) is 5.46. The summed E-state index contributed by atoms with van der Waals surface area (Å²) in [5.74, 6) is -1.01. The van der Waals surface area contributed by atoms with Crippen LogP contribution in [-0.2, 0) is 22.7 Å². The number of nitrogens with zero attached hydrogens (tertiary/aromatic N) is 2. The van der Waals surface area contributed by atoms with Crippen molar-refractivity contribution in [2.45, 2.75) is 32.6 Å². The molecule has 2 heterocycles. The number of hydrogen-bond acceptors (Lipinski definition) is 4. The Hall–Kier alpha value is -1.67. The third-order valence-corrected chi connectivity index (χ3v) is 6.11. The summed E-state index contributed by atoms with van der Waals surface area (Å²) >= 11 is 11.4. The van der Waals surface area contributed by atoms with E-state index in [-0.39, 0.29) is 6.61 Å². The molecule has 2 aromatic heterocycles. The number of aliphatic carboxylic acids is 1. The lowest BCUT2D eigenvalue weighted by molar-refractivity contribution is -0.162. The zero-order chi connectivity index (χ0) is 19.6. The maximum absolute atomic E-state index is 11.2. The lowest BCUT2D eigenvalue weighted by atomic mass is 10.1. The first-order chi connectivity index (χ1) is 12.8. The van der Waals surface area contributed by atoms with Gasteiger partial charge in [0.05, 0.1) is 29.4 Å². The van der Waals surface area contributed by atoms with Crippen molar-refractivity contribution in [3.05, 3.63) is 62.5 Å². The van der Waals surface area contributed by atoms with Crippen LogP contribution in [0.1, 0.15) is 25.1 Å². The van der Waals surface area contributed by atoms with Crippen molar-refractivity contribution < 1.29 is 14.6 Å². The smallest absolute Gasteiger partial charge is 0.335 e. The van der Waals surface area contributed by atoms with Gasteiger partial charge in [-0.3, -0.25) is 4.68 Å². The molecule has 0 spiro atoms. The van der Waals surface area contributed by atoms with Gasteiger partial charge in [0, 0.05) is 14.9 Å². The molecule has 3 rings (SSSR count). The molecule has 3 aromatic rings. The predicted molar refractivity (Wildman–Crippen MR) is 110 cm³/mol. The molecule has 0 saturated carbocycles. The Bertz CT molecular complexity index is 968. The number of thiophene rings is 1. The highest BCUT2D eigenvalue weighted by Gasteiger charge is 2.28. The number of carboxylic acids is 1. The molecular weight excluding hydrogens is 452 g/mol. The van der Waals surface area contributed by atoms with Gasteiger partial charge in [0.1, 0.15) is 0 Å². The van der Waals surface area contributed by atoms with Crippen LogP contribution in [0.3, 0.4) is 0 Å². The Morgan fingerprint density at radius 2 is 2.11 bits per heavy atom. The largest absolute Gasteiger partial charge is 0.479 e. The third kappa shape index (κ3) is 4.79. The van der Waals surface area contributed by atoms with Gasteiger partial charge in [-0.2, -0.15) is 5.10 Å². The highest BCUT2D eigenvalue weighted by atomic mass is 79.9. The molecule has 0 amide bonds. The standard InChI is InChI=1S/C19H18BrClN2O3S/c1-19(2,18(24)25)26-10-14-8-16(17-7-13(20)11-27-17)23(22-14)9-12-5-3-4-6-15(12)21/h3-8,11H,9-10H2,1-2H3,(H,24,25). The molecule has 27 heavy (non-hydrogen) atoms. The third-order valence-electron chi connectivity index (χ3n) is 4.02. The van der Waals surface area contributed by atoms with Crippen molar-refractivity contribution in [1.82, 2.24) is 9.78 Å². The molecule has 0 aliphatic heterocycles. The van der Waals surface area contributed by atoms with E-state index in [1.807, 2.05) is 46.5 Å². The van der Waals surface area contributed by atoms with Crippen molar-refractivity contribution >= 4 is 44.8 Å². The molecule has 0 radical (unpaired) electrons. The quantitative estimate of drug-likeness (QED) is 0.499. The van der Waals surface area contributed by atoms with E-state index in [0.717, 1.165) is 20.6 Å². The summed E-state index contributed by atoms with van der Waals surface area (Å²) in [4.78, 5) is 12.3. The van der Waals surface area contributed by atoms with Gasteiger partial charge in [-0.1, -0.05) is 29.8 Å². The van der Waals surface area contributed by atoms with E-state index in [0.29, 0.717) is 17.3 Å². The van der Waals surface area contributed by atoms with Crippen LogP contribution in [0.5, 0.6) is 0 Å². The maximum atomic E-state index is 11.2. The van der Waals surface area contributed by atoms with E-state index in [4.69, 9.17) is 16.3 Å². The van der Waals surface area contributed by atoms with Crippen molar-refractivity contribution in [2.75, 3.05) is 0 Å². The zero-order valence-corrected chi connectivity index (χ0v) is 17.9. The number of hydrogen-bond donors (Lipinski definition) is 1. The summed E-state index contributed by atoms with van der Waals surface area (Å²) in [5.41, 5.74) is 1.27.